The monoisotopic (exact) mass is 289 g/mol. The Morgan fingerprint density at radius 1 is 1.19 bits per heavy atom. The third-order valence-electron chi connectivity index (χ3n) is 3.41. The van der Waals surface area contributed by atoms with Gasteiger partial charge in [-0.15, -0.1) is 0 Å². The van der Waals surface area contributed by atoms with Gasteiger partial charge < -0.3 is 14.9 Å². The number of aromatic nitrogens is 2. The molecule has 0 saturated heterocycles. The summed E-state index contributed by atoms with van der Waals surface area (Å²) in [6, 6.07) is 8.13. The fraction of sp³-hybridized carbons (Fsp3) is 0.500. The molecule has 1 atom stereocenters. The highest BCUT2D eigenvalue weighted by Gasteiger charge is 2.08. The molecule has 2 N–H and O–H groups in total. The van der Waals surface area contributed by atoms with Crippen LogP contribution in [-0.4, -0.2) is 28.3 Å². The Morgan fingerprint density at radius 2 is 1.86 bits per heavy atom. The van der Waals surface area contributed by atoms with E-state index in [2.05, 4.69) is 41.4 Å². The van der Waals surface area contributed by atoms with Crippen LogP contribution in [0.2, 0.25) is 0 Å². The second-order valence-electron chi connectivity index (χ2n) is 5.53. The summed E-state index contributed by atoms with van der Waals surface area (Å²) in [6.07, 6.45) is 0.162. The quantitative estimate of drug-likeness (QED) is 0.766. The maximum absolute atomic E-state index is 10.1. The summed E-state index contributed by atoms with van der Waals surface area (Å²) in [5, 5.41) is 17.1. The number of hydrogen-bond donors (Lipinski definition) is 2. The van der Waals surface area contributed by atoms with Gasteiger partial charge >= 0.3 is 0 Å². The van der Waals surface area contributed by atoms with Crippen molar-refractivity contribution in [3.8, 4) is 0 Å². The fourth-order valence-corrected chi connectivity index (χ4v) is 2.10. The molecule has 0 fully saturated rings. The molecule has 1 unspecified atom stereocenters. The molecule has 2 rings (SSSR count). The first kappa shape index (κ1) is 15.7. The zero-order valence-electron chi connectivity index (χ0n) is 12.8. The number of rotatable bonds is 7. The highest BCUT2D eigenvalue weighted by atomic mass is 16.5. The number of aliphatic hydroxyl groups excluding tert-OH is 1. The molecule has 0 aliphatic rings. The van der Waals surface area contributed by atoms with Crippen molar-refractivity contribution >= 4 is 0 Å². The Morgan fingerprint density at radius 3 is 2.43 bits per heavy atom. The summed E-state index contributed by atoms with van der Waals surface area (Å²) in [5.41, 5.74) is 2.21. The number of nitrogens with zero attached hydrogens (tertiary/aromatic N) is 2. The van der Waals surface area contributed by atoms with E-state index < -0.39 is 6.10 Å². The summed E-state index contributed by atoms with van der Waals surface area (Å²) in [7, 11) is 0. The summed E-state index contributed by atoms with van der Waals surface area (Å²) in [6.45, 7) is 7.32. The van der Waals surface area contributed by atoms with Gasteiger partial charge in [-0.3, -0.25) is 0 Å². The maximum atomic E-state index is 10.1. The average Bonchev–Trinajstić information content (AvgIpc) is 2.89. The Labute approximate surface area is 125 Å². The first-order valence-corrected chi connectivity index (χ1v) is 7.34. The predicted octanol–water partition coefficient (Wildman–Crippen LogP) is 2.37. The van der Waals surface area contributed by atoms with E-state index in [-0.39, 0.29) is 0 Å². The Hall–Kier alpha value is -1.72. The van der Waals surface area contributed by atoms with Gasteiger partial charge in [0, 0.05) is 19.5 Å². The SMILES string of the molecule is Cc1noc(CCNCC(O)c2ccc(C(C)C)cc2)n1. The van der Waals surface area contributed by atoms with Crippen LogP contribution in [0.1, 0.15) is 48.7 Å². The molecule has 1 aromatic heterocycles. The first-order valence-electron chi connectivity index (χ1n) is 7.34. The minimum atomic E-state index is -0.504. The lowest BCUT2D eigenvalue weighted by Crippen LogP contribution is -2.23. The molecule has 0 saturated carbocycles. The van der Waals surface area contributed by atoms with Crippen molar-refractivity contribution < 1.29 is 9.63 Å². The number of aryl methyl sites for hydroxylation is 1. The second-order valence-corrected chi connectivity index (χ2v) is 5.53. The van der Waals surface area contributed by atoms with Crippen molar-refractivity contribution in [2.45, 2.75) is 39.2 Å². The molecular weight excluding hydrogens is 266 g/mol. The molecule has 0 aliphatic carbocycles. The molecule has 5 nitrogen and oxygen atoms in total. The van der Waals surface area contributed by atoms with E-state index in [9.17, 15) is 5.11 Å². The molecular formula is C16H23N3O2. The lowest BCUT2D eigenvalue weighted by Gasteiger charge is -2.13. The zero-order valence-corrected chi connectivity index (χ0v) is 12.8. The summed E-state index contributed by atoms with van der Waals surface area (Å²) in [4.78, 5) is 4.13. The van der Waals surface area contributed by atoms with Gasteiger partial charge in [-0.05, 0) is 24.0 Å². The van der Waals surface area contributed by atoms with E-state index in [0.29, 0.717) is 37.1 Å². The van der Waals surface area contributed by atoms with E-state index in [4.69, 9.17) is 4.52 Å². The van der Waals surface area contributed by atoms with E-state index >= 15 is 0 Å². The minimum Gasteiger partial charge on any atom is -0.387 e. The zero-order chi connectivity index (χ0) is 15.2. The molecule has 0 amide bonds. The van der Waals surface area contributed by atoms with Crippen LogP contribution >= 0.6 is 0 Å². The van der Waals surface area contributed by atoms with Gasteiger partial charge in [0.1, 0.15) is 0 Å². The van der Waals surface area contributed by atoms with Crippen molar-refractivity contribution in [1.82, 2.24) is 15.5 Å². The standard InChI is InChI=1S/C16H23N3O2/c1-11(2)13-4-6-14(7-5-13)15(20)10-17-9-8-16-18-12(3)19-21-16/h4-7,11,15,17,20H,8-10H2,1-3H3. The van der Waals surface area contributed by atoms with Gasteiger partial charge in [-0.1, -0.05) is 43.3 Å². The van der Waals surface area contributed by atoms with Gasteiger partial charge in [0.15, 0.2) is 5.82 Å². The van der Waals surface area contributed by atoms with Gasteiger partial charge in [0.05, 0.1) is 6.10 Å². The lowest BCUT2D eigenvalue weighted by atomic mass is 10.00. The highest BCUT2D eigenvalue weighted by molar-refractivity contribution is 5.26. The normalized spacial score (nSPS) is 12.8. The molecule has 0 radical (unpaired) electrons. The van der Waals surface area contributed by atoms with Crippen LogP contribution < -0.4 is 5.32 Å². The average molecular weight is 289 g/mol. The minimum absolute atomic E-state index is 0.504. The molecule has 1 heterocycles. The van der Waals surface area contributed by atoms with E-state index in [1.807, 2.05) is 12.1 Å². The molecule has 1 aromatic carbocycles. The lowest BCUT2D eigenvalue weighted by molar-refractivity contribution is 0.174. The van der Waals surface area contributed by atoms with E-state index in [1.165, 1.54) is 5.56 Å². The van der Waals surface area contributed by atoms with Crippen molar-refractivity contribution in [3.05, 3.63) is 47.1 Å². The topological polar surface area (TPSA) is 71.2 Å². The fourth-order valence-electron chi connectivity index (χ4n) is 2.10. The van der Waals surface area contributed by atoms with Crippen LogP contribution in [0, 0.1) is 6.92 Å². The van der Waals surface area contributed by atoms with Gasteiger partial charge in [-0.2, -0.15) is 4.98 Å². The molecule has 2 aromatic rings. The van der Waals surface area contributed by atoms with E-state index in [1.54, 1.807) is 6.92 Å². The van der Waals surface area contributed by atoms with E-state index in [0.717, 1.165) is 5.56 Å². The molecule has 21 heavy (non-hydrogen) atoms. The van der Waals surface area contributed by atoms with Crippen LogP contribution in [0.3, 0.4) is 0 Å². The summed E-state index contributed by atoms with van der Waals surface area (Å²) >= 11 is 0. The molecule has 114 valence electrons. The Bertz CT molecular complexity index is 549. The Kier molecular flexibility index (Phi) is 5.47. The Balaban J connectivity index is 1.75. The first-order chi connectivity index (χ1) is 10.1. The van der Waals surface area contributed by atoms with Gasteiger partial charge in [-0.25, -0.2) is 0 Å². The van der Waals surface area contributed by atoms with Crippen LogP contribution in [0.25, 0.3) is 0 Å². The van der Waals surface area contributed by atoms with Gasteiger partial charge in [0.2, 0.25) is 5.89 Å². The summed E-state index contributed by atoms with van der Waals surface area (Å²) in [5.74, 6) is 1.78. The molecule has 0 aliphatic heterocycles. The van der Waals surface area contributed by atoms with Crippen LogP contribution in [0.15, 0.2) is 28.8 Å². The maximum Gasteiger partial charge on any atom is 0.227 e. The third kappa shape index (κ3) is 4.65. The van der Waals surface area contributed by atoms with Crippen molar-refractivity contribution in [2.24, 2.45) is 0 Å². The van der Waals surface area contributed by atoms with Gasteiger partial charge in [0.25, 0.3) is 0 Å². The number of hydrogen-bond acceptors (Lipinski definition) is 5. The van der Waals surface area contributed by atoms with Crippen molar-refractivity contribution in [1.29, 1.82) is 0 Å². The van der Waals surface area contributed by atoms with Crippen molar-refractivity contribution in [2.75, 3.05) is 13.1 Å². The van der Waals surface area contributed by atoms with Crippen LogP contribution in [-0.2, 0) is 6.42 Å². The third-order valence-corrected chi connectivity index (χ3v) is 3.41. The number of benzene rings is 1. The predicted molar refractivity (Wildman–Crippen MR) is 81.1 cm³/mol. The molecule has 0 spiro atoms. The highest BCUT2D eigenvalue weighted by Crippen LogP contribution is 2.18. The largest absolute Gasteiger partial charge is 0.387 e. The van der Waals surface area contributed by atoms with Crippen LogP contribution in [0.4, 0.5) is 0 Å². The summed E-state index contributed by atoms with van der Waals surface area (Å²) < 4.78 is 5.03. The molecule has 0 bridgehead atoms. The second kappa shape index (κ2) is 7.33. The smallest absolute Gasteiger partial charge is 0.227 e. The number of aliphatic hydroxyl groups is 1. The van der Waals surface area contributed by atoms with Crippen LogP contribution in [0.5, 0.6) is 0 Å². The molecule has 5 heteroatoms. The number of nitrogens with one attached hydrogen (secondary N) is 1. The van der Waals surface area contributed by atoms with Crippen molar-refractivity contribution in [3.63, 3.8) is 0 Å².